The maximum absolute atomic E-state index is 13.2. The molecule has 35 heavy (non-hydrogen) atoms. The summed E-state index contributed by atoms with van der Waals surface area (Å²) in [7, 11) is 0. The standard InChI is InChI=1S/C28H36N6O/c1-8-24(26-30-31-32-34(26)28(5,6)7)33(16-21-13-9-18(2)10-14-21)17-22-15-23-19(3)11-12-20(4)25(23)29-27(22)35/h9-15,24H,8,16-17H2,1-7H3,(H,29,35). The van der Waals surface area contributed by atoms with Gasteiger partial charge >= 0.3 is 0 Å². The Bertz CT molecular complexity index is 1380. The highest BCUT2D eigenvalue weighted by molar-refractivity contribution is 5.85. The Morgan fingerprint density at radius 2 is 1.69 bits per heavy atom. The lowest BCUT2D eigenvalue weighted by atomic mass is 10.0. The smallest absolute Gasteiger partial charge is 0.252 e. The maximum atomic E-state index is 13.2. The van der Waals surface area contributed by atoms with Crippen LogP contribution in [0.4, 0.5) is 0 Å². The highest BCUT2D eigenvalue weighted by Crippen LogP contribution is 2.29. The fraction of sp³-hybridized carbons (Fsp3) is 0.429. The number of hydrogen-bond donors (Lipinski definition) is 1. The molecule has 4 aromatic rings. The van der Waals surface area contributed by atoms with E-state index in [0.717, 1.165) is 39.8 Å². The molecule has 0 bridgehead atoms. The minimum atomic E-state index is -0.253. The van der Waals surface area contributed by atoms with Crippen LogP contribution in [0.15, 0.2) is 47.3 Å². The van der Waals surface area contributed by atoms with Crippen molar-refractivity contribution in [3.8, 4) is 0 Å². The first-order chi connectivity index (χ1) is 16.6. The molecule has 2 aromatic carbocycles. The Morgan fingerprint density at radius 3 is 2.34 bits per heavy atom. The minimum absolute atomic E-state index is 0.0506. The van der Waals surface area contributed by atoms with Gasteiger partial charge in [-0.3, -0.25) is 9.69 Å². The normalized spacial score (nSPS) is 13.0. The number of aromatic nitrogens is 5. The van der Waals surface area contributed by atoms with Crippen molar-refractivity contribution in [1.29, 1.82) is 0 Å². The van der Waals surface area contributed by atoms with Crippen LogP contribution in [0.5, 0.6) is 0 Å². The van der Waals surface area contributed by atoms with Crippen molar-refractivity contribution in [2.45, 2.75) is 79.6 Å². The van der Waals surface area contributed by atoms with Crippen molar-refractivity contribution in [3.05, 3.63) is 86.5 Å². The van der Waals surface area contributed by atoms with E-state index in [4.69, 9.17) is 0 Å². The van der Waals surface area contributed by atoms with Crippen LogP contribution in [0.1, 0.15) is 73.8 Å². The van der Waals surface area contributed by atoms with E-state index >= 15 is 0 Å². The lowest BCUT2D eigenvalue weighted by molar-refractivity contribution is 0.153. The third-order valence-corrected chi connectivity index (χ3v) is 6.65. The molecule has 7 nitrogen and oxygen atoms in total. The molecule has 1 atom stereocenters. The van der Waals surface area contributed by atoms with Gasteiger partial charge in [-0.2, -0.15) is 0 Å². The van der Waals surface area contributed by atoms with E-state index in [1.165, 1.54) is 11.1 Å². The second kappa shape index (κ2) is 9.74. The fourth-order valence-electron chi connectivity index (χ4n) is 4.64. The van der Waals surface area contributed by atoms with Crippen LogP contribution < -0.4 is 5.56 Å². The van der Waals surface area contributed by atoms with Crippen molar-refractivity contribution in [1.82, 2.24) is 30.1 Å². The maximum Gasteiger partial charge on any atom is 0.252 e. The predicted molar refractivity (Wildman–Crippen MR) is 140 cm³/mol. The number of nitrogens with zero attached hydrogens (tertiary/aromatic N) is 5. The van der Waals surface area contributed by atoms with Crippen LogP contribution >= 0.6 is 0 Å². The number of nitrogens with one attached hydrogen (secondary N) is 1. The lowest BCUT2D eigenvalue weighted by Crippen LogP contribution is -2.35. The molecule has 7 heteroatoms. The third-order valence-electron chi connectivity index (χ3n) is 6.65. The summed E-state index contributed by atoms with van der Waals surface area (Å²) in [6.45, 7) is 15.8. The van der Waals surface area contributed by atoms with Crippen LogP contribution in [0, 0.1) is 20.8 Å². The summed E-state index contributed by atoms with van der Waals surface area (Å²) >= 11 is 0. The van der Waals surface area contributed by atoms with Gasteiger partial charge in [-0.25, -0.2) is 4.68 Å². The van der Waals surface area contributed by atoms with Crippen LogP contribution in [0.3, 0.4) is 0 Å². The van der Waals surface area contributed by atoms with Gasteiger partial charge in [-0.15, -0.1) is 5.10 Å². The van der Waals surface area contributed by atoms with Gasteiger partial charge in [0.25, 0.3) is 5.56 Å². The average molecular weight is 473 g/mol. The number of benzene rings is 2. The number of aryl methyl sites for hydroxylation is 3. The molecule has 0 saturated carbocycles. The summed E-state index contributed by atoms with van der Waals surface area (Å²) in [5, 5.41) is 13.8. The molecule has 0 spiro atoms. The van der Waals surface area contributed by atoms with Crippen molar-refractivity contribution < 1.29 is 0 Å². The molecule has 2 heterocycles. The van der Waals surface area contributed by atoms with Gasteiger partial charge in [0.05, 0.1) is 17.1 Å². The Hall–Kier alpha value is -3.32. The van der Waals surface area contributed by atoms with Crippen molar-refractivity contribution in [3.63, 3.8) is 0 Å². The number of H-pyrrole nitrogens is 1. The zero-order valence-corrected chi connectivity index (χ0v) is 21.9. The first-order valence-corrected chi connectivity index (χ1v) is 12.3. The summed E-state index contributed by atoms with van der Waals surface area (Å²) in [4.78, 5) is 18.7. The molecule has 0 aliphatic carbocycles. The molecular formula is C28H36N6O. The van der Waals surface area contributed by atoms with Crippen LogP contribution in [-0.2, 0) is 18.6 Å². The minimum Gasteiger partial charge on any atom is -0.321 e. The van der Waals surface area contributed by atoms with E-state index in [0.29, 0.717) is 13.1 Å². The number of rotatable bonds is 7. The number of tetrazole rings is 1. The summed E-state index contributed by atoms with van der Waals surface area (Å²) in [5.74, 6) is 0.816. The molecule has 2 aromatic heterocycles. The van der Waals surface area contributed by atoms with Gasteiger partial charge in [0.2, 0.25) is 0 Å². The molecule has 0 aliphatic heterocycles. The van der Waals surface area contributed by atoms with E-state index < -0.39 is 0 Å². The Balaban J connectivity index is 1.80. The first kappa shape index (κ1) is 24.8. The quantitative estimate of drug-likeness (QED) is 0.392. The SMILES string of the molecule is CCC(c1nnnn1C(C)(C)C)N(Cc1ccc(C)cc1)Cc1cc2c(C)ccc(C)c2[nH]c1=O. The number of hydrogen-bond acceptors (Lipinski definition) is 5. The number of fused-ring (bicyclic) bond motifs is 1. The largest absolute Gasteiger partial charge is 0.321 e. The van der Waals surface area contributed by atoms with Gasteiger partial charge in [0, 0.05) is 24.0 Å². The highest BCUT2D eigenvalue weighted by atomic mass is 16.1. The Labute approximate surface area is 207 Å². The van der Waals surface area contributed by atoms with Crippen molar-refractivity contribution >= 4 is 10.9 Å². The Morgan fingerprint density at radius 1 is 1.00 bits per heavy atom. The zero-order valence-electron chi connectivity index (χ0n) is 21.9. The lowest BCUT2D eigenvalue weighted by Gasteiger charge is -2.32. The molecule has 0 aliphatic rings. The van der Waals surface area contributed by atoms with Crippen LogP contribution in [-0.4, -0.2) is 30.1 Å². The monoisotopic (exact) mass is 472 g/mol. The van der Waals surface area contributed by atoms with Gasteiger partial charge in [0.1, 0.15) is 0 Å². The molecule has 0 fully saturated rings. The van der Waals surface area contributed by atoms with Crippen molar-refractivity contribution in [2.75, 3.05) is 0 Å². The Kier molecular flexibility index (Phi) is 6.90. The second-order valence-electron chi connectivity index (χ2n) is 10.5. The molecule has 0 radical (unpaired) electrons. The van der Waals surface area contributed by atoms with Crippen molar-refractivity contribution in [2.24, 2.45) is 0 Å². The summed E-state index contributed by atoms with van der Waals surface area (Å²) < 4.78 is 1.90. The summed E-state index contributed by atoms with van der Waals surface area (Å²) in [6.07, 6.45) is 0.811. The summed E-state index contributed by atoms with van der Waals surface area (Å²) in [5.41, 5.74) is 5.98. The topological polar surface area (TPSA) is 79.7 Å². The van der Waals surface area contributed by atoms with E-state index in [1.807, 2.05) is 11.6 Å². The first-order valence-electron chi connectivity index (χ1n) is 12.3. The van der Waals surface area contributed by atoms with Crippen LogP contribution in [0.25, 0.3) is 10.9 Å². The third kappa shape index (κ3) is 5.20. The second-order valence-corrected chi connectivity index (χ2v) is 10.5. The fourth-order valence-corrected chi connectivity index (χ4v) is 4.64. The molecular weight excluding hydrogens is 436 g/mol. The van der Waals surface area contributed by atoms with E-state index in [2.05, 4.69) is 109 Å². The average Bonchev–Trinajstić information content (AvgIpc) is 3.29. The zero-order chi connectivity index (χ0) is 25.3. The van der Waals surface area contributed by atoms with E-state index in [-0.39, 0.29) is 17.1 Å². The van der Waals surface area contributed by atoms with Gasteiger partial charge in [0.15, 0.2) is 5.82 Å². The van der Waals surface area contributed by atoms with Gasteiger partial charge < -0.3 is 4.98 Å². The van der Waals surface area contributed by atoms with E-state index in [9.17, 15) is 4.79 Å². The number of pyridine rings is 1. The number of aromatic amines is 1. The molecule has 4 rings (SSSR count). The van der Waals surface area contributed by atoms with Gasteiger partial charge in [-0.05, 0) is 81.1 Å². The highest BCUT2D eigenvalue weighted by Gasteiger charge is 2.29. The van der Waals surface area contributed by atoms with E-state index in [1.54, 1.807) is 0 Å². The van der Waals surface area contributed by atoms with Crippen LogP contribution in [0.2, 0.25) is 0 Å². The predicted octanol–water partition coefficient (Wildman–Crippen LogP) is 5.35. The molecule has 0 amide bonds. The molecule has 184 valence electrons. The molecule has 0 saturated heterocycles. The molecule has 1 unspecified atom stereocenters. The summed E-state index contributed by atoms with van der Waals surface area (Å²) in [6, 6.07) is 14.7. The van der Waals surface area contributed by atoms with Gasteiger partial charge in [-0.1, -0.05) is 48.9 Å². The molecule has 1 N–H and O–H groups in total.